The molecule has 124 valence electrons. The molecule has 0 aliphatic rings. The highest BCUT2D eigenvalue weighted by Crippen LogP contribution is 2.31. The number of rotatable bonds is 7. The van der Waals surface area contributed by atoms with Crippen molar-refractivity contribution in [1.82, 2.24) is 0 Å². The molecule has 0 aliphatic heterocycles. The van der Waals surface area contributed by atoms with Gasteiger partial charge in [0.25, 0.3) is 0 Å². The van der Waals surface area contributed by atoms with Crippen LogP contribution in [-0.2, 0) is 6.42 Å². The maximum atomic E-state index is 6.01. The van der Waals surface area contributed by atoms with Gasteiger partial charge in [0, 0.05) is 5.92 Å². The summed E-state index contributed by atoms with van der Waals surface area (Å²) in [6.45, 7) is 2.63. The highest BCUT2D eigenvalue weighted by atomic mass is 16.5. The Hall–Kier alpha value is -2.20. The Morgan fingerprint density at radius 3 is 2.09 bits per heavy atom. The van der Waals surface area contributed by atoms with Crippen LogP contribution in [0, 0.1) is 6.92 Å². The second kappa shape index (κ2) is 7.88. The molecule has 1 unspecified atom stereocenters. The fourth-order valence-electron chi connectivity index (χ4n) is 2.78. The van der Waals surface area contributed by atoms with Crippen LogP contribution in [0.5, 0.6) is 17.2 Å². The standard InChI is InChI=1S/C19H25NO3/c1-13-9-15(6-8-17(13)21-2)16(12-20)10-14-5-7-18(22-3)19(11-14)23-4/h5-9,11,16H,10,12,20H2,1-4H3. The van der Waals surface area contributed by atoms with Gasteiger partial charge in [-0.05, 0) is 54.8 Å². The fourth-order valence-corrected chi connectivity index (χ4v) is 2.78. The van der Waals surface area contributed by atoms with Crippen molar-refractivity contribution in [2.24, 2.45) is 5.73 Å². The Labute approximate surface area is 138 Å². The molecule has 2 rings (SSSR count). The van der Waals surface area contributed by atoms with Crippen molar-refractivity contribution in [2.45, 2.75) is 19.3 Å². The molecule has 0 fully saturated rings. The van der Waals surface area contributed by atoms with Crippen molar-refractivity contribution in [1.29, 1.82) is 0 Å². The van der Waals surface area contributed by atoms with E-state index < -0.39 is 0 Å². The first-order chi connectivity index (χ1) is 11.1. The van der Waals surface area contributed by atoms with Crippen LogP contribution in [0.15, 0.2) is 36.4 Å². The smallest absolute Gasteiger partial charge is 0.160 e. The van der Waals surface area contributed by atoms with Crippen molar-refractivity contribution in [3.63, 3.8) is 0 Å². The number of aryl methyl sites for hydroxylation is 1. The predicted molar refractivity (Wildman–Crippen MR) is 92.8 cm³/mol. The first-order valence-electron chi connectivity index (χ1n) is 7.68. The van der Waals surface area contributed by atoms with Gasteiger partial charge in [-0.1, -0.05) is 18.2 Å². The number of benzene rings is 2. The fraction of sp³-hybridized carbons (Fsp3) is 0.368. The normalized spacial score (nSPS) is 11.9. The number of hydrogen-bond acceptors (Lipinski definition) is 4. The third kappa shape index (κ3) is 3.96. The van der Waals surface area contributed by atoms with Gasteiger partial charge in [-0.3, -0.25) is 0 Å². The van der Waals surface area contributed by atoms with Crippen LogP contribution in [-0.4, -0.2) is 27.9 Å². The van der Waals surface area contributed by atoms with Gasteiger partial charge in [-0.25, -0.2) is 0 Å². The van der Waals surface area contributed by atoms with Crippen molar-refractivity contribution in [2.75, 3.05) is 27.9 Å². The van der Waals surface area contributed by atoms with Crippen LogP contribution in [0.4, 0.5) is 0 Å². The zero-order valence-corrected chi connectivity index (χ0v) is 14.3. The van der Waals surface area contributed by atoms with Gasteiger partial charge in [-0.15, -0.1) is 0 Å². The number of ether oxygens (including phenoxy) is 3. The molecule has 0 bridgehead atoms. The highest BCUT2D eigenvalue weighted by molar-refractivity contribution is 5.44. The molecule has 0 amide bonds. The summed E-state index contributed by atoms with van der Waals surface area (Å²) in [7, 11) is 4.97. The Morgan fingerprint density at radius 2 is 1.52 bits per heavy atom. The summed E-state index contributed by atoms with van der Waals surface area (Å²) in [4.78, 5) is 0. The van der Waals surface area contributed by atoms with E-state index in [-0.39, 0.29) is 5.92 Å². The first kappa shape index (κ1) is 17.2. The third-order valence-electron chi connectivity index (χ3n) is 4.10. The molecule has 4 nitrogen and oxygen atoms in total. The molecule has 4 heteroatoms. The second-order valence-electron chi connectivity index (χ2n) is 5.56. The summed E-state index contributed by atoms with van der Waals surface area (Å²) < 4.78 is 16.0. The van der Waals surface area contributed by atoms with E-state index in [1.165, 1.54) is 11.1 Å². The van der Waals surface area contributed by atoms with E-state index in [1.54, 1.807) is 21.3 Å². The first-order valence-corrected chi connectivity index (χ1v) is 7.68. The van der Waals surface area contributed by atoms with Gasteiger partial charge in [0.2, 0.25) is 0 Å². The van der Waals surface area contributed by atoms with E-state index in [0.29, 0.717) is 6.54 Å². The van der Waals surface area contributed by atoms with Crippen LogP contribution in [0.1, 0.15) is 22.6 Å². The molecular formula is C19H25NO3. The van der Waals surface area contributed by atoms with Gasteiger partial charge in [-0.2, -0.15) is 0 Å². The molecule has 2 aromatic rings. The Bertz CT molecular complexity index is 655. The Balaban J connectivity index is 2.24. The molecule has 1 atom stereocenters. The summed E-state index contributed by atoms with van der Waals surface area (Å²) in [6.07, 6.45) is 0.850. The molecule has 0 saturated heterocycles. The maximum Gasteiger partial charge on any atom is 0.160 e. The minimum atomic E-state index is 0.248. The summed E-state index contributed by atoms with van der Waals surface area (Å²) in [5, 5.41) is 0. The van der Waals surface area contributed by atoms with E-state index >= 15 is 0 Å². The maximum absolute atomic E-state index is 6.01. The number of hydrogen-bond donors (Lipinski definition) is 1. The minimum absolute atomic E-state index is 0.248. The van der Waals surface area contributed by atoms with Crippen LogP contribution in [0.25, 0.3) is 0 Å². The van der Waals surface area contributed by atoms with Gasteiger partial charge in [0.05, 0.1) is 21.3 Å². The van der Waals surface area contributed by atoms with Gasteiger partial charge < -0.3 is 19.9 Å². The van der Waals surface area contributed by atoms with Crippen molar-refractivity contribution in [3.8, 4) is 17.2 Å². The Morgan fingerprint density at radius 1 is 0.870 bits per heavy atom. The van der Waals surface area contributed by atoms with Crippen LogP contribution < -0.4 is 19.9 Å². The van der Waals surface area contributed by atoms with Gasteiger partial charge in [0.15, 0.2) is 11.5 Å². The lowest BCUT2D eigenvalue weighted by molar-refractivity contribution is 0.354. The van der Waals surface area contributed by atoms with E-state index in [1.807, 2.05) is 25.1 Å². The molecule has 23 heavy (non-hydrogen) atoms. The summed E-state index contributed by atoms with van der Waals surface area (Å²) in [5.41, 5.74) is 9.53. The lowest BCUT2D eigenvalue weighted by Crippen LogP contribution is -2.15. The topological polar surface area (TPSA) is 53.7 Å². The SMILES string of the molecule is COc1ccc(C(CN)Cc2ccc(OC)c(OC)c2)cc1C. The van der Waals surface area contributed by atoms with Crippen molar-refractivity contribution in [3.05, 3.63) is 53.1 Å². The van der Waals surface area contributed by atoms with E-state index in [0.717, 1.165) is 29.2 Å². The summed E-state index contributed by atoms with van der Waals surface area (Å²) in [5.74, 6) is 2.63. The number of nitrogens with two attached hydrogens (primary N) is 1. The molecule has 2 N–H and O–H groups in total. The molecule has 0 aliphatic carbocycles. The average molecular weight is 315 g/mol. The lowest BCUT2D eigenvalue weighted by atomic mass is 9.91. The largest absolute Gasteiger partial charge is 0.496 e. The van der Waals surface area contributed by atoms with Crippen LogP contribution in [0.2, 0.25) is 0 Å². The Kier molecular flexibility index (Phi) is 5.88. The van der Waals surface area contributed by atoms with E-state index in [2.05, 4.69) is 18.2 Å². The minimum Gasteiger partial charge on any atom is -0.496 e. The number of methoxy groups -OCH3 is 3. The van der Waals surface area contributed by atoms with E-state index in [9.17, 15) is 0 Å². The highest BCUT2D eigenvalue weighted by Gasteiger charge is 2.14. The van der Waals surface area contributed by atoms with Gasteiger partial charge >= 0.3 is 0 Å². The molecule has 0 aromatic heterocycles. The monoisotopic (exact) mass is 315 g/mol. The molecule has 0 spiro atoms. The summed E-state index contributed by atoms with van der Waals surface area (Å²) >= 11 is 0. The molecule has 0 heterocycles. The zero-order chi connectivity index (χ0) is 16.8. The third-order valence-corrected chi connectivity index (χ3v) is 4.10. The molecule has 2 aromatic carbocycles. The van der Waals surface area contributed by atoms with Crippen LogP contribution >= 0.6 is 0 Å². The van der Waals surface area contributed by atoms with E-state index in [4.69, 9.17) is 19.9 Å². The van der Waals surface area contributed by atoms with Crippen molar-refractivity contribution < 1.29 is 14.2 Å². The molecule has 0 saturated carbocycles. The quantitative estimate of drug-likeness (QED) is 0.852. The predicted octanol–water partition coefficient (Wildman–Crippen LogP) is 3.31. The summed E-state index contributed by atoms with van der Waals surface area (Å²) in [6, 6.07) is 12.2. The molecular weight excluding hydrogens is 290 g/mol. The lowest BCUT2D eigenvalue weighted by Gasteiger charge is -2.18. The van der Waals surface area contributed by atoms with Gasteiger partial charge in [0.1, 0.15) is 5.75 Å². The molecule has 0 radical (unpaired) electrons. The van der Waals surface area contributed by atoms with Crippen LogP contribution in [0.3, 0.4) is 0 Å². The zero-order valence-electron chi connectivity index (χ0n) is 14.3. The average Bonchev–Trinajstić information content (AvgIpc) is 2.59. The van der Waals surface area contributed by atoms with Crippen molar-refractivity contribution >= 4 is 0 Å². The second-order valence-corrected chi connectivity index (χ2v) is 5.56.